The molecule has 1 amide bonds. The fourth-order valence-corrected chi connectivity index (χ4v) is 2.34. The molecule has 0 saturated heterocycles. The van der Waals surface area contributed by atoms with Crippen LogP contribution in [0.5, 0.6) is 0 Å². The molecule has 2 aromatic heterocycles. The lowest BCUT2D eigenvalue weighted by molar-refractivity contribution is -0.122. The van der Waals surface area contributed by atoms with Crippen LogP contribution in [-0.2, 0) is 11.3 Å². The van der Waals surface area contributed by atoms with Gasteiger partial charge in [0.25, 0.3) is 12.4 Å². The Morgan fingerprint density at radius 3 is 2.76 bits per heavy atom. The zero-order valence-electron chi connectivity index (χ0n) is 13.9. The van der Waals surface area contributed by atoms with E-state index < -0.39 is 0 Å². The minimum Gasteiger partial charge on any atom is -0.483 e. The van der Waals surface area contributed by atoms with Gasteiger partial charge in [-0.3, -0.25) is 9.59 Å². The summed E-state index contributed by atoms with van der Waals surface area (Å²) in [4.78, 5) is 32.2. The van der Waals surface area contributed by atoms with Gasteiger partial charge in [-0.1, -0.05) is 12.1 Å². The molecule has 130 valence electrons. The van der Waals surface area contributed by atoms with Crippen molar-refractivity contribution in [3.8, 4) is 0 Å². The van der Waals surface area contributed by atoms with E-state index >= 15 is 0 Å². The highest BCUT2D eigenvalue weighted by Crippen LogP contribution is 2.17. The molecule has 4 N–H and O–H groups in total. The van der Waals surface area contributed by atoms with Crippen molar-refractivity contribution in [3.63, 3.8) is 0 Å². The molecule has 0 spiro atoms. The highest BCUT2D eigenvalue weighted by molar-refractivity contribution is 5.98. The number of para-hydroxylation sites is 1. The van der Waals surface area contributed by atoms with Crippen LogP contribution < -0.4 is 10.6 Å². The molecular weight excluding hydrogens is 322 g/mol. The maximum atomic E-state index is 11.8. The molecule has 3 rings (SSSR count). The number of hydrogen-bond acceptors (Lipinski definition) is 5. The van der Waals surface area contributed by atoms with Gasteiger partial charge >= 0.3 is 0 Å². The second-order valence-electron chi connectivity index (χ2n) is 5.09. The third-order valence-corrected chi connectivity index (χ3v) is 3.47. The van der Waals surface area contributed by atoms with Crippen molar-refractivity contribution in [1.29, 1.82) is 0 Å². The molecular formula is C17H19N5O3. The van der Waals surface area contributed by atoms with Crippen LogP contribution in [0.15, 0.2) is 36.5 Å². The van der Waals surface area contributed by atoms with E-state index in [2.05, 4.69) is 25.6 Å². The summed E-state index contributed by atoms with van der Waals surface area (Å²) >= 11 is 0. The van der Waals surface area contributed by atoms with Gasteiger partial charge < -0.3 is 20.7 Å². The number of fused-ring (bicyclic) bond motifs is 1. The van der Waals surface area contributed by atoms with Gasteiger partial charge in [0, 0.05) is 13.2 Å². The highest BCUT2D eigenvalue weighted by Gasteiger charge is 2.11. The second kappa shape index (κ2) is 8.44. The number of carboxylic acid groups (broad SMARTS) is 1. The maximum absolute atomic E-state index is 11.8. The third-order valence-electron chi connectivity index (χ3n) is 3.47. The largest absolute Gasteiger partial charge is 0.483 e. The summed E-state index contributed by atoms with van der Waals surface area (Å²) in [5.74, 6) is 1.17. The minimum atomic E-state index is -0.250. The fraction of sp³-hybridized carbons (Fsp3) is 0.176. The molecule has 0 saturated carbocycles. The smallest absolute Gasteiger partial charge is 0.290 e. The van der Waals surface area contributed by atoms with Crippen LogP contribution in [-0.4, -0.2) is 39.5 Å². The van der Waals surface area contributed by atoms with E-state index in [9.17, 15) is 4.79 Å². The van der Waals surface area contributed by atoms with Gasteiger partial charge in [0.15, 0.2) is 0 Å². The van der Waals surface area contributed by atoms with Crippen LogP contribution in [0.3, 0.4) is 0 Å². The monoisotopic (exact) mass is 341 g/mol. The molecule has 25 heavy (non-hydrogen) atoms. The average Bonchev–Trinajstić information content (AvgIpc) is 3.05. The van der Waals surface area contributed by atoms with E-state index in [0.29, 0.717) is 17.9 Å². The van der Waals surface area contributed by atoms with Crippen LogP contribution in [0.1, 0.15) is 21.7 Å². The average molecular weight is 341 g/mol. The Balaban J connectivity index is 0.000000701. The van der Waals surface area contributed by atoms with Gasteiger partial charge in [-0.2, -0.15) is 0 Å². The first-order chi connectivity index (χ1) is 12.1. The number of aromatic nitrogens is 3. The molecule has 1 aromatic carbocycles. The number of carbonyl (C=O) groups is 2. The minimum absolute atomic E-state index is 0.170. The van der Waals surface area contributed by atoms with Gasteiger partial charge in [0.1, 0.15) is 11.6 Å². The summed E-state index contributed by atoms with van der Waals surface area (Å²) in [6.45, 7) is 2.25. The predicted octanol–water partition coefficient (Wildman–Crippen LogP) is 1.94. The Kier molecular flexibility index (Phi) is 6.05. The van der Waals surface area contributed by atoms with E-state index in [4.69, 9.17) is 9.90 Å². The third kappa shape index (κ3) is 4.31. The van der Waals surface area contributed by atoms with Crippen molar-refractivity contribution in [2.45, 2.75) is 13.5 Å². The molecule has 0 aliphatic heterocycles. The van der Waals surface area contributed by atoms with E-state index in [1.807, 2.05) is 25.1 Å². The fourth-order valence-electron chi connectivity index (χ4n) is 2.34. The van der Waals surface area contributed by atoms with Crippen LogP contribution in [0.4, 0.5) is 5.82 Å². The zero-order chi connectivity index (χ0) is 18.2. The highest BCUT2D eigenvalue weighted by atomic mass is 16.3. The predicted molar refractivity (Wildman–Crippen MR) is 94.5 cm³/mol. The number of imidazole rings is 1. The van der Waals surface area contributed by atoms with E-state index in [1.54, 1.807) is 25.4 Å². The molecule has 0 unspecified atom stereocenters. The number of H-pyrrole nitrogens is 1. The molecule has 0 aliphatic rings. The van der Waals surface area contributed by atoms with Gasteiger partial charge in [-0.15, -0.1) is 0 Å². The molecule has 8 heteroatoms. The van der Waals surface area contributed by atoms with E-state index in [1.165, 1.54) is 0 Å². The van der Waals surface area contributed by atoms with E-state index in [-0.39, 0.29) is 12.4 Å². The lowest BCUT2D eigenvalue weighted by Crippen LogP contribution is -2.20. The number of rotatable bonds is 4. The number of nitrogens with zero attached hydrogens (tertiary/aromatic N) is 2. The van der Waals surface area contributed by atoms with Crippen LogP contribution in [0, 0.1) is 6.92 Å². The molecule has 2 heterocycles. The number of carbonyl (C=O) groups excluding carboxylic acids is 1. The second-order valence-corrected chi connectivity index (χ2v) is 5.09. The van der Waals surface area contributed by atoms with E-state index in [0.717, 1.165) is 22.4 Å². The number of aryl methyl sites for hydroxylation is 1. The quantitative estimate of drug-likeness (QED) is 0.538. The maximum Gasteiger partial charge on any atom is 0.290 e. The first-order valence-corrected chi connectivity index (χ1v) is 7.53. The number of amides is 1. The van der Waals surface area contributed by atoms with Crippen molar-refractivity contribution in [3.05, 3.63) is 53.5 Å². The Hall–Kier alpha value is -3.42. The standard InChI is InChI=1S/C16H17N5O.CH2O2/c1-10-5-3-7-12-14(10)21-13(20-12)9-19-15-11(16(22)17-2)6-4-8-18-15;2-1-3/h3-8H,9H2,1-2H3,(H,17,22)(H,18,19)(H,20,21);1H,(H,2,3). The summed E-state index contributed by atoms with van der Waals surface area (Å²) in [6.07, 6.45) is 1.65. The summed E-state index contributed by atoms with van der Waals surface area (Å²) in [6, 6.07) is 9.49. The molecule has 3 aromatic rings. The van der Waals surface area contributed by atoms with Crippen molar-refractivity contribution >= 4 is 29.2 Å². The van der Waals surface area contributed by atoms with Crippen molar-refractivity contribution < 1.29 is 14.7 Å². The molecule has 0 atom stereocenters. The number of nitrogens with one attached hydrogen (secondary N) is 3. The van der Waals surface area contributed by atoms with Crippen LogP contribution in [0.25, 0.3) is 11.0 Å². The SMILES string of the molecule is CNC(=O)c1cccnc1NCc1nc2c(C)cccc2[nH]1.O=CO. The number of anilines is 1. The molecule has 0 radical (unpaired) electrons. The topological polar surface area (TPSA) is 120 Å². The van der Waals surface area contributed by atoms with Crippen molar-refractivity contribution in [1.82, 2.24) is 20.3 Å². The lowest BCUT2D eigenvalue weighted by atomic mass is 10.2. The Morgan fingerprint density at radius 1 is 1.32 bits per heavy atom. The summed E-state index contributed by atoms with van der Waals surface area (Å²) in [5.41, 5.74) is 3.61. The Morgan fingerprint density at radius 2 is 2.08 bits per heavy atom. The normalized spacial score (nSPS) is 9.84. The zero-order valence-corrected chi connectivity index (χ0v) is 13.9. The molecule has 0 bridgehead atoms. The first-order valence-electron chi connectivity index (χ1n) is 7.53. The number of hydrogen-bond donors (Lipinski definition) is 4. The lowest BCUT2D eigenvalue weighted by Gasteiger charge is -2.08. The first kappa shape index (κ1) is 17.9. The van der Waals surface area contributed by atoms with Crippen molar-refractivity contribution in [2.24, 2.45) is 0 Å². The summed E-state index contributed by atoms with van der Waals surface area (Å²) in [7, 11) is 1.60. The van der Waals surface area contributed by atoms with Gasteiger partial charge in [0.05, 0.1) is 23.1 Å². The Labute approximate surface area is 144 Å². The molecule has 8 nitrogen and oxygen atoms in total. The molecule has 0 aliphatic carbocycles. The van der Waals surface area contributed by atoms with Gasteiger partial charge in [-0.25, -0.2) is 9.97 Å². The molecule has 0 fully saturated rings. The van der Waals surface area contributed by atoms with Crippen LogP contribution in [0.2, 0.25) is 0 Å². The van der Waals surface area contributed by atoms with Crippen molar-refractivity contribution in [2.75, 3.05) is 12.4 Å². The number of benzene rings is 1. The van der Waals surface area contributed by atoms with Crippen LogP contribution >= 0.6 is 0 Å². The van der Waals surface area contributed by atoms with Gasteiger partial charge in [0.2, 0.25) is 0 Å². The number of pyridine rings is 1. The Bertz CT molecular complexity index is 876. The number of aromatic amines is 1. The summed E-state index contributed by atoms with van der Waals surface area (Å²) < 4.78 is 0. The van der Waals surface area contributed by atoms with Gasteiger partial charge in [-0.05, 0) is 30.7 Å². The summed E-state index contributed by atoms with van der Waals surface area (Å²) in [5, 5.41) is 12.7.